The molecule has 1 aliphatic rings. The van der Waals surface area contributed by atoms with Crippen LogP contribution in [-0.4, -0.2) is 16.7 Å². The Bertz CT molecular complexity index is 555. The predicted molar refractivity (Wildman–Crippen MR) is 68.1 cm³/mol. The topological polar surface area (TPSA) is 53.1 Å². The standard InChI is InChI=1S/C13H17N3O/c1-8-6-9(7-8)16-10-4-3-5-11(17-2)12(10)15-13(16)14/h3-5,8-9H,6-7H2,1-2H3,(H2,14,15). The minimum Gasteiger partial charge on any atom is -0.494 e. The molecule has 17 heavy (non-hydrogen) atoms. The highest BCUT2D eigenvalue weighted by molar-refractivity contribution is 5.84. The zero-order chi connectivity index (χ0) is 12.0. The number of para-hydroxylation sites is 1. The van der Waals surface area contributed by atoms with Crippen molar-refractivity contribution in [2.45, 2.75) is 25.8 Å². The van der Waals surface area contributed by atoms with Gasteiger partial charge in [0.05, 0.1) is 12.6 Å². The fourth-order valence-corrected chi connectivity index (χ4v) is 2.73. The molecule has 1 heterocycles. The van der Waals surface area contributed by atoms with E-state index in [0.29, 0.717) is 12.0 Å². The zero-order valence-corrected chi connectivity index (χ0v) is 10.2. The molecule has 0 unspecified atom stereocenters. The molecule has 4 nitrogen and oxygen atoms in total. The van der Waals surface area contributed by atoms with Crippen LogP contribution in [0.2, 0.25) is 0 Å². The number of ether oxygens (including phenoxy) is 1. The summed E-state index contributed by atoms with van der Waals surface area (Å²) in [5, 5.41) is 0. The molecule has 2 aromatic rings. The lowest BCUT2D eigenvalue weighted by atomic mass is 9.81. The Labute approximate surface area is 100 Å². The highest BCUT2D eigenvalue weighted by atomic mass is 16.5. The molecule has 1 fully saturated rings. The number of imidazole rings is 1. The van der Waals surface area contributed by atoms with Gasteiger partial charge in [0.15, 0.2) is 0 Å². The molecule has 0 atom stereocenters. The molecule has 0 radical (unpaired) electrons. The van der Waals surface area contributed by atoms with Gasteiger partial charge in [-0.25, -0.2) is 4.98 Å². The largest absolute Gasteiger partial charge is 0.494 e. The Balaban J connectivity index is 2.15. The third kappa shape index (κ3) is 1.47. The van der Waals surface area contributed by atoms with Crippen molar-refractivity contribution in [3.63, 3.8) is 0 Å². The summed E-state index contributed by atoms with van der Waals surface area (Å²) < 4.78 is 7.47. The summed E-state index contributed by atoms with van der Waals surface area (Å²) in [5.41, 5.74) is 7.98. The van der Waals surface area contributed by atoms with Gasteiger partial charge in [-0.1, -0.05) is 13.0 Å². The van der Waals surface area contributed by atoms with Crippen molar-refractivity contribution < 1.29 is 4.74 Å². The average molecular weight is 231 g/mol. The third-order valence-corrected chi connectivity index (χ3v) is 3.64. The number of nitrogens with zero attached hydrogens (tertiary/aromatic N) is 2. The maximum atomic E-state index is 6.03. The van der Waals surface area contributed by atoms with Crippen molar-refractivity contribution >= 4 is 17.0 Å². The number of rotatable bonds is 2. The second-order valence-corrected chi connectivity index (χ2v) is 4.90. The molecule has 4 heteroatoms. The van der Waals surface area contributed by atoms with E-state index >= 15 is 0 Å². The summed E-state index contributed by atoms with van der Waals surface area (Å²) in [7, 11) is 1.66. The summed E-state index contributed by atoms with van der Waals surface area (Å²) >= 11 is 0. The second kappa shape index (κ2) is 3.65. The minimum absolute atomic E-state index is 0.502. The normalized spacial score (nSPS) is 23.6. The number of methoxy groups -OCH3 is 1. The fourth-order valence-electron chi connectivity index (χ4n) is 2.73. The Morgan fingerprint density at radius 3 is 2.82 bits per heavy atom. The maximum Gasteiger partial charge on any atom is 0.201 e. The first kappa shape index (κ1) is 10.4. The highest BCUT2D eigenvalue weighted by Gasteiger charge is 2.29. The number of aromatic nitrogens is 2. The molecular formula is C13H17N3O. The van der Waals surface area contributed by atoms with E-state index in [0.717, 1.165) is 22.7 Å². The summed E-state index contributed by atoms with van der Waals surface area (Å²) in [6, 6.07) is 6.47. The van der Waals surface area contributed by atoms with E-state index in [4.69, 9.17) is 10.5 Å². The molecule has 0 bridgehead atoms. The molecule has 0 amide bonds. The number of nitrogens with two attached hydrogens (primary N) is 1. The summed E-state index contributed by atoms with van der Waals surface area (Å²) in [6.45, 7) is 2.27. The van der Waals surface area contributed by atoms with Crippen LogP contribution in [0.5, 0.6) is 5.75 Å². The van der Waals surface area contributed by atoms with Gasteiger partial charge in [-0.05, 0) is 30.9 Å². The Kier molecular flexibility index (Phi) is 2.24. The van der Waals surface area contributed by atoms with Gasteiger partial charge in [-0.15, -0.1) is 0 Å². The van der Waals surface area contributed by atoms with Crippen molar-refractivity contribution in [3.8, 4) is 5.75 Å². The quantitative estimate of drug-likeness (QED) is 0.864. The number of nitrogen functional groups attached to an aromatic ring is 1. The summed E-state index contributed by atoms with van der Waals surface area (Å²) in [4.78, 5) is 4.43. The second-order valence-electron chi connectivity index (χ2n) is 4.90. The molecule has 2 N–H and O–H groups in total. The molecule has 0 saturated heterocycles. The fraction of sp³-hybridized carbons (Fsp3) is 0.462. The number of hydrogen-bond acceptors (Lipinski definition) is 3. The SMILES string of the molecule is COc1cccc2c1nc(N)n2C1CC(C)C1. The molecule has 1 aliphatic carbocycles. The van der Waals surface area contributed by atoms with Crippen molar-refractivity contribution in [2.75, 3.05) is 12.8 Å². The third-order valence-electron chi connectivity index (χ3n) is 3.64. The molecule has 90 valence electrons. The first-order valence-corrected chi connectivity index (χ1v) is 6.01. The Morgan fingerprint density at radius 1 is 1.41 bits per heavy atom. The van der Waals surface area contributed by atoms with Crippen LogP contribution in [0.1, 0.15) is 25.8 Å². The lowest BCUT2D eigenvalue weighted by Crippen LogP contribution is -2.25. The van der Waals surface area contributed by atoms with Crippen molar-refractivity contribution in [1.82, 2.24) is 9.55 Å². The van der Waals surface area contributed by atoms with E-state index in [1.165, 1.54) is 12.8 Å². The Morgan fingerprint density at radius 2 is 2.18 bits per heavy atom. The van der Waals surface area contributed by atoms with E-state index < -0.39 is 0 Å². The van der Waals surface area contributed by atoms with Crippen LogP contribution in [0.15, 0.2) is 18.2 Å². The summed E-state index contributed by atoms with van der Waals surface area (Å²) in [6.07, 6.45) is 2.37. The van der Waals surface area contributed by atoms with E-state index in [1.807, 2.05) is 12.1 Å². The number of fused-ring (bicyclic) bond motifs is 1. The molecule has 0 aliphatic heterocycles. The minimum atomic E-state index is 0.502. The lowest BCUT2D eigenvalue weighted by Gasteiger charge is -2.34. The smallest absolute Gasteiger partial charge is 0.201 e. The molecule has 1 aromatic heterocycles. The van der Waals surface area contributed by atoms with E-state index in [9.17, 15) is 0 Å². The van der Waals surface area contributed by atoms with Crippen molar-refractivity contribution in [3.05, 3.63) is 18.2 Å². The van der Waals surface area contributed by atoms with Gasteiger partial charge < -0.3 is 15.0 Å². The van der Waals surface area contributed by atoms with Gasteiger partial charge in [0.2, 0.25) is 5.95 Å². The van der Waals surface area contributed by atoms with Crippen LogP contribution >= 0.6 is 0 Å². The monoisotopic (exact) mass is 231 g/mol. The first-order chi connectivity index (χ1) is 8.20. The maximum absolute atomic E-state index is 6.03. The molecule has 1 aromatic carbocycles. The number of hydrogen-bond donors (Lipinski definition) is 1. The summed E-state index contributed by atoms with van der Waals surface area (Å²) in [5.74, 6) is 2.18. The van der Waals surface area contributed by atoms with Crippen LogP contribution in [0.3, 0.4) is 0 Å². The van der Waals surface area contributed by atoms with Gasteiger partial charge in [0.1, 0.15) is 11.3 Å². The zero-order valence-electron chi connectivity index (χ0n) is 10.2. The van der Waals surface area contributed by atoms with E-state index in [2.05, 4.69) is 22.5 Å². The van der Waals surface area contributed by atoms with E-state index in [-0.39, 0.29) is 0 Å². The lowest BCUT2D eigenvalue weighted by molar-refractivity contribution is 0.223. The van der Waals surface area contributed by atoms with Crippen LogP contribution in [0, 0.1) is 5.92 Å². The Hall–Kier alpha value is -1.71. The van der Waals surface area contributed by atoms with Gasteiger partial charge >= 0.3 is 0 Å². The molecule has 1 saturated carbocycles. The van der Waals surface area contributed by atoms with Crippen molar-refractivity contribution in [1.29, 1.82) is 0 Å². The van der Waals surface area contributed by atoms with Crippen LogP contribution in [0.25, 0.3) is 11.0 Å². The van der Waals surface area contributed by atoms with Gasteiger partial charge in [0, 0.05) is 6.04 Å². The highest BCUT2D eigenvalue weighted by Crippen LogP contribution is 2.41. The molecular weight excluding hydrogens is 214 g/mol. The average Bonchev–Trinajstić information content (AvgIpc) is 2.60. The number of benzene rings is 1. The predicted octanol–water partition coefficient (Wildman–Crippen LogP) is 2.60. The van der Waals surface area contributed by atoms with Gasteiger partial charge in [-0.2, -0.15) is 0 Å². The number of anilines is 1. The van der Waals surface area contributed by atoms with Gasteiger partial charge in [0.25, 0.3) is 0 Å². The van der Waals surface area contributed by atoms with Crippen molar-refractivity contribution in [2.24, 2.45) is 5.92 Å². The van der Waals surface area contributed by atoms with Crippen LogP contribution in [0.4, 0.5) is 5.95 Å². The first-order valence-electron chi connectivity index (χ1n) is 6.01. The molecule has 3 rings (SSSR count). The van der Waals surface area contributed by atoms with Crippen LogP contribution in [-0.2, 0) is 0 Å². The van der Waals surface area contributed by atoms with Gasteiger partial charge in [-0.3, -0.25) is 0 Å². The molecule has 0 spiro atoms. The van der Waals surface area contributed by atoms with E-state index in [1.54, 1.807) is 7.11 Å². The van der Waals surface area contributed by atoms with Crippen LogP contribution < -0.4 is 10.5 Å².